The average molecular weight is 494 g/mol. The van der Waals surface area contributed by atoms with Crippen molar-refractivity contribution in [1.29, 1.82) is 0 Å². The van der Waals surface area contributed by atoms with Crippen LogP contribution in [0.15, 0.2) is 66.7 Å². The van der Waals surface area contributed by atoms with E-state index in [1.54, 1.807) is 5.48 Å². The summed E-state index contributed by atoms with van der Waals surface area (Å²) in [5.41, 5.74) is 6.36. The molecule has 0 saturated heterocycles. The molecule has 36 heavy (non-hydrogen) atoms. The molecule has 7 heteroatoms. The number of carbonyl (C=O) groups is 3. The number of hydrogen-bond donors (Lipinski definition) is 3. The van der Waals surface area contributed by atoms with E-state index in [2.05, 4.69) is 5.43 Å². The topological polar surface area (TPSA) is 98.7 Å². The van der Waals surface area contributed by atoms with E-state index in [-0.39, 0.29) is 30.6 Å². The second-order valence-corrected chi connectivity index (χ2v) is 9.90. The molecule has 194 valence electrons. The predicted molar refractivity (Wildman–Crippen MR) is 141 cm³/mol. The Balaban J connectivity index is 2.24. The standard InChI is InChI=1S/C29H39N3O4/c1-21(2)18-26(25(29(35)31-36)17-11-16-23-12-7-5-8-13-23)28(34)30-32(20-22(3)4)27(33)19-24-14-9-6-10-15-24/h5-16,21-22,25-26,36H,17-20H2,1-4H3,(H,30,34)(H,31,35)/b16-11+/t25-,26+/m0/s1. The molecule has 0 fully saturated rings. The summed E-state index contributed by atoms with van der Waals surface area (Å²) in [7, 11) is 0. The lowest BCUT2D eigenvalue weighted by Crippen LogP contribution is -2.52. The van der Waals surface area contributed by atoms with Gasteiger partial charge in [-0.1, -0.05) is 101 Å². The summed E-state index contributed by atoms with van der Waals surface area (Å²) in [5, 5.41) is 10.8. The first kappa shape index (κ1) is 28.8. The molecule has 3 N–H and O–H groups in total. The lowest BCUT2D eigenvalue weighted by molar-refractivity contribution is -0.147. The van der Waals surface area contributed by atoms with Gasteiger partial charge in [-0.05, 0) is 35.8 Å². The first-order valence-corrected chi connectivity index (χ1v) is 12.5. The quantitative estimate of drug-likeness (QED) is 0.296. The summed E-state index contributed by atoms with van der Waals surface area (Å²) < 4.78 is 0. The number of carbonyl (C=O) groups excluding carboxylic acids is 3. The Kier molecular flexibility index (Phi) is 11.9. The van der Waals surface area contributed by atoms with Crippen LogP contribution in [0.3, 0.4) is 0 Å². The third-order valence-corrected chi connectivity index (χ3v) is 5.79. The molecule has 0 heterocycles. The minimum atomic E-state index is -0.803. The molecule has 2 rings (SSSR count). The van der Waals surface area contributed by atoms with Gasteiger partial charge in [0.25, 0.3) is 0 Å². The zero-order valence-corrected chi connectivity index (χ0v) is 21.7. The molecular weight excluding hydrogens is 454 g/mol. The molecule has 2 atom stereocenters. The number of benzene rings is 2. The Morgan fingerprint density at radius 1 is 0.861 bits per heavy atom. The van der Waals surface area contributed by atoms with Crippen molar-refractivity contribution in [2.45, 2.75) is 47.0 Å². The minimum absolute atomic E-state index is 0.117. The number of allylic oxidation sites excluding steroid dienone is 1. The molecule has 0 spiro atoms. The lowest BCUT2D eigenvalue weighted by atomic mass is 9.82. The molecule has 0 bridgehead atoms. The monoisotopic (exact) mass is 493 g/mol. The van der Waals surface area contributed by atoms with Crippen LogP contribution in [-0.4, -0.2) is 34.5 Å². The Morgan fingerprint density at radius 3 is 2.03 bits per heavy atom. The Labute approximate surface area is 214 Å². The molecule has 0 radical (unpaired) electrons. The van der Waals surface area contributed by atoms with Gasteiger partial charge >= 0.3 is 0 Å². The van der Waals surface area contributed by atoms with Gasteiger partial charge in [-0.3, -0.25) is 30.0 Å². The summed E-state index contributed by atoms with van der Waals surface area (Å²) in [4.78, 5) is 39.3. The van der Waals surface area contributed by atoms with E-state index >= 15 is 0 Å². The van der Waals surface area contributed by atoms with Gasteiger partial charge in [0.1, 0.15) is 0 Å². The Hall–Kier alpha value is -3.45. The van der Waals surface area contributed by atoms with E-state index in [1.165, 1.54) is 5.01 Å². The molecule has 0 aliphatic carbocycles. The highest BCUT2D eigenvalue weighted by Gasteiger charge is 2.35. The van der Waals surface area contributed by atoms with Crippen LogP contribution < -0.4 is 10.9 Å². The van der Waals surface area contributed by atoms with Gasteiger partial charge in [0, 0.05) is 6.54 Å². The smallest absolute Gasteiger partial charge is 0.247 e. The molecule has 2 aromatic carbocycles. The van der Waals surface area contributed by atoms with Crippen molar-refractivity contribution in [2.75, 3.05) is 6.54 Å². The van der Waals surface area contributed by atoms with Gasteiger partial charge in [0.15, 0.2) is 0 Å². The highest BCUT2D eigenvalue weighted by Crippen LogP contribution is 2.26. The maximum Gasteiger partial charge on any atom is 0.247 e. The van der Waals surface area contributed by atoms with Gasteiger partial charge in [0.2, 0.25) is 17.7 Å². The van der Waals surface area contributed by atoms with Crippen molar-refractivity contribution in [3.05, 3.63) is 77.9 Å². The minimum Gasteiger partial charge on any atom is -0.289 e. The number of hydroxylamine groups is 1. The van der Waals surface area contributed by atoms with Crippen LogP contribution >= 0.6 is 0 Å². The number of nitrogens with zero attached hydrogens (tertiary/aromatic N) is 1. The van der Waals surface area contributed by atoms with E-state index in [9.17, 15) is 19.6 Å². The molecule has 0 saturated carbocycles. The summed E-state index contributed by atoms with van der Waals surface area (Å²) in [6.07, 6.45) is 4.56. The lowest BCUT2D eigenvalue weighted by Gasteiger charge is -2.30. The van der Waals surface area contributed by atoms with Crippen LogP contribution in [0.25, 0.3) is 6.08 Å². The van der Waals surface area contributed by atoms with E-state index in [0.29, 0.717) is 13.0 Å². The largest absolute Gasteiger partial charge is 0.289 e. The van der Waals surface area contributed by atoms with Crippen molar-refractivity contribution in [1.82, 2.24) is 15.9 Å². The summed E-state index contributed by atoms with van der Waals surface area (Å²) in [6.45, 7) is 8.23. The van der Waals surface area contributed by atoms with Crippen LogP contribution in [0.4, 0.5) is 0 Å². The molecule has 0 aliphatic heterocycles. The van der Waals surface area contributed by atoms with Crippen molar-refractivity contribution in [2.24, 2.45) is 23.7 Å². The van der Waals surface area contributed by atoms with Crippen molar-refractivity contribution in [3.8, 4) is 0 Å². The normalized spacial score (nSPS) is 13.0. The molecule has 0 aliphatic rings. The van der Waals surface area contributed by atoms with Gasteiger partial charge in [0.05, 0.1) is 18.3 Å². The Bertz CT molecular complexity index is 990. The van der Waals surface area contributed by atoms with E-state index in [1.807, 2.05) is 101 Å². The number of nitrogens with one attached hydrogen (secondary N) is 2. The second-order valence-electron chi connectivity index (χ2n) is 9.90. The highest BCUT2D eigenvalue weighted by molar-refractivity contribution is 5.89. The van der Waals surface area contributed by atoms with Crippen LogP contribution in [0.2, 0.25) is 0 Å². The number of hydrazine groups is 1. The molecule has 3 amide bonds. The highest BCUT2D eigenvalue weighted by atomic mass is 16.5. The number of amides is 3. The SMILES string of the molecule is CC(C)C[C@@H](C(=O)NN(CC(C)C)C(=O)Cc1ccccc1)[C@H](C/C=C/c1ccccc1)C(=O)NO. The fourth-order valence-electron chi connectivity index (χ4n) is 4.07. The van der Waals surface area contributed by atoms with Crippen molar-refractivity contribution < 1.29 is 19.6 Å². The fraction of sp³-hybridized carbons (Fsp3) is 0.414. The second kappa shape index (κ2) is 14.8. The number of rotatable bonds is 12. The zero-order chi connectivity index (χ0) is 26.5. The predicted octanol–water partition coefficient (Wildman–Crippen LogP) is 4.63. The van der Waals surface area contributed by atoms with Crippen LogP contribution in [0.1, 0.15) is 51.7 Å². The van der Waals surface area contributed by atoms with Crippen LogP contribution in [0, 0.1) is 23.7 Å². The van der Waals surface area contributed by atoms with E-state index < -0.39 is 23.7 Å². The molecular formula is C29H39N3O4. The average Bonchev–Trinajstić information content (AvgIpc) is 2.85. The summed E-state index contributed by atoms with van der Waals surface area (Å²) >= 11 is 0. The summed E-state index contributed by atoms with van der Waals surface area (Å²) in [6, 6.07) is 19.0. The zero-order valence-electron chi connectivity index (χ0n) is 21.7. The van der Waals surface area contributed by atoms with Crippen LogP contribution in [-0.2, 0) is 20.8 Å². The van der Waals surface area contributed by atoms with Crippen LogP contribution in [0.5, 0.6) is 0 Å². The van der Waals surface area contributed by atoms with Gasteiger partial charge < -0.3 is 0 Å². The first-order valence-electron chi connectivity index (χ1n) is 12.5. The van der Waals surface area contributed by atoms with Gasteiger partial charge in [-0.25, -0.2) is 5.48 Å². The fourth-order valence-corrected chi connectivity index (χ4v) is 4.07. The maximum atomic E-state index is 13.5. The third kappa shape index (κ3) is 9.66. The van der Waals surface area contributed by atoms with Crippen molar-refractivity contribution in [3.63, 3.8) is 0 Å². The third-order valence-electron chi connectivity index (χ3n) is 5.79. The molecule has 0 unspecified atom stereocenters. The molecule has 0 aromatic heterocycles. The number of hydrogen-bond acceptors (Lipinski definition) is 4. The van der Waals surface area contributed by atoms with Crippen molar-refractivity contribution >= 4 is 23.8 Å². The maximum absolute atomic E-state index is 13.5. The molecule has 7 nitrogen and oxygen atoms in total. The van der Waals surface area contributed by atoms with E-state index in [0.717, 1.165) is 11.1 Å². The van der Waals surface area contributed by atoms with Gasteiger partial charge in [-0.2, -0.15) is 0 Å². The van der Waals surface area contributed by atoms with E-state index in [4.69, 9.17) is 0 Å². The molecule has 2 aromatic rings. The first-order chi connectivity index (χ1) is 17.2. The summed E-state index contributed by atoms with van der Waals surface area (Å²) in [5.74, 6) is -2.56. The van der Waals surface area contributed by atoms with Gasteiger partial charge in [-0.15, -0.1) is 0 Å². The Morgan fingerprint density at radius 2 is 1.47 bits per heavy atom.